The molecule has 1 aliphatic rings. The molecule has 18 heavy (non-hydrogen) atoms. The topological polar surface area (TPSA) is 12.0 Å². The Hall–Kier alpha value is -1.12. The lowest BCUT2D eigenvalue weighted by Gasteiger charge is -2.20. The zero-order chi connectivity index (χ0) is 12.4. The van der Waals surface area contributed by atoms with Crippen LogP contribution in [0.1, 0.15) is 35.4 Å². The second-order valence-corrected chi connectivity index (χ2v) is 6.17. The van der Waals surface area contributed by atoms with Gasteiger partial charge in [-0.1, -0.05) is 30.3 Å². The van der Waals surface area contributed by atoms with Crippen molar-refractivity contribution in [2.45, 2.75) is 38.3 Å². The Morgan fingerprint density at radius 2 is 2.17 bits per heavy atom. The summed E-state index contributed by atoms with van der Waals surface area (Å²) in [7, 11) is 0. The third-order valence-corrected chi connectivity index (χ3v) is 4.60. The van der Waals surface area contributed by atoms with Gasteiger partial charge in [-0.15, -0.1) is 11.3 Å². The molecule has 1 aromatic carbocycles. The minimum atomic E-state index is 0.541. The molecule has 0 aliphatic heterocycles. The number of fused-ring (bicyclic) bond motifs is 1. The average Bonchev–Trinajstić information content (AvgIpc) is 3.00. The zero-order valence-corrected chi connectivity index (χ0v) is 11.5. The molecule has 0 saturated heterocycles. The first-order valence-corrected chi connectivity index (χ1v) is 7.57. The number of rotatable bonds is 4. The van der Waals surface area contributed by atoms with E-state index < -0.39 is 0 Å². The van der Waals surface area contributed by atoms with Crippen LogP contribution in [-0.2, 0) is 12.8 Å². The summed E-state index contributed by atoms with van der Waals surface area (Å²) < 4.78 is 0. The molecule has 2 atom stereocenters. The summed E-state index contributed by atoms with van der Waals surface area (Å²) in [5.74, 6) is 0. The molecule has 0 amide bonds. The van der Waals surface area contributed by atoms with Crippen LogP contribution < -0.4 is 5.32 Å². The quantitative estimate of drug-likeness (QED) is 0.874. The van der Waals surface area contributed by atoms with Crippen LogP contribution in [0.4, 0.5) is 0 Å². The maximum atomic E-state index is 3.78. The highest BCUT2D eigenvalue weighted by atomic mass is 32.1. The summed E-state index contributed by atoms with van der Waals surface area (Å²) in [6.45, 7) is 2.29. The zero-order valence-electron chi connectivity index (χ0n) is 10.7. The predicted molar refractivity (Wildman–Crippen MR) is 78.1 cm³/mol. The van der Waals surface area contributed by atoms with E-state index in [0.717, 1.165) is 6.42 Å². The summed E-state index contributed by atoms with van der Waals surface area (Å²) in [5, 5.41) is 5.94. The second kappa shape index (κ2) is 5.25. The molecule has 0 spiro atoms. The van der Waals surface area contributed by atoms with Crippen LogP contribution in [-0.4, -0.2) is 6.04 Å². The van der Waals surface area contributed by atoms with Gasteiger partial charge in [0.05, 0.1) is 0 Å². The fourth-order valence-corrected chi connectivity index (χ4v) is 3.70. The Kier molecular flexibility index (Phi) is 3.48. The maximum absolute atomic E-state index is 3.78. The Labute approximate surface area is 113 Å². The van der Waals surface area contributed by atoms with E-state index in [1.165, 1.54) is 28.8 Å². The lowest BCUT2D eigenvalue weighted by atomic mass is 10.1. The van der Waals surface area contributed by atoms with Crippen LogP contribution in [0.25, 0.3) is 0 Å². The summed E-state index contributed by atoms with van der Waals surface area (Å²) in [5.41, 5.74) is 3.04. The Morgan fingerprint density at radius 3 is 3.00 bits per heavy atom. The van der Waals surface area contributed by atoms with Gasteiger partial charge in [-0.2, -0.15) is 0 Å². The van der Waals surface area contributed by atoms with Crippen LogP contribution in [0.3, 0.4) is 0 Å². The van der Waals surface area contributed by atoms with E-state index in [1.54, 1.807) is 0 Å². The van der Waals surface area contributed by atoms with Gasteiger partial charge in [0.25, 0.3) is 0 Å². The summed E-state index contributed by atoms with van der Waals surface area (Å²) in [4.78, 5) is 1.47. The van der Waals surface area contributed by atoms with E-state index >= 15 is 0 Å². The van der Waals surface area contributed by atoms with Crippen LogP contribution in [0, 0.1) is 0 Å². The predicted octanol–water partition coefficient (Wildman–Crippen LogP) is 3.96. The first-order valence-electron chi connectivity index (χ1n) is 6.69. The molecule has 2 unspecified atom stereocenters. The third kappa shape index (κ3) is 2.50. The van der Waals surface area contributed by atoms with Crippen molar-refractivity contribution in [1.82, 2.24) is 5.32 Å². The van der Waals surface area contributed by atoms with E-state index in [4.69, 9.17) is 0 Å². The molecule has 0 saturated carbocycles. The molecule has 1 aliphatic carbocycles. The molecule has 1 aromatic heterocycles. The van der Waals surface area contributed by atoms with Crippen molar-refractivity contribution >= 4 is 11.3 Å². The Bertz CT molecular complexity index is 504. The summed E-state index contributed by atoms with van der Waals surface area (Å²) in [6, 6.07) is 14.3. The standard InChI is InChI=1S/C16H19NS/c1-12(11-14-6-4-10-18-14)17-16-9-8-13-5-2-3-7-15(13)16/h2-7,10,12,16-17H,8-9,11H2,1H3. The van der Waals surface area contributed by atoms with Crippen molar-refractivity contribution < 1.29 is 0 Å². The largest absolute Gasteiger partial charge is 0.307 e. The van der Waals surface area contributed by atoms with Gasteiger partial charge in [-0.3, -0.25) is 0 Å². The van der Waals surface area contributed by atoms with Crippen molar-refractivity contribution in [3.63, 3.8) is 0 Å². The van der Waals surface area contributed by atoms with Crippen LogP contribution in [0.15, 0.2) is 41.8 Å². The molecule has 1 heterocycles. The van der Waals surface area contributed by atoms with E-state index in [1.807, 2.05) is 11.3 Å². The Balaban J connectivity index is 1.64. The maximum Gasteiger partial charge on any atom is 0.0328 e. The highest BCUT2D eigenvalue weighted by Gasteiger charge is 2.22. The van der Waals surface area contributed by atoms with Crippen molar-refractivity contribution in [3.05, 3.63) is 57.8 Å². The lowest BCUT2D eigenvalue weighted by molar-refractivity contribution is 0.453. The van der Waals surface area contributed by atoms with Crippen LogP contribution in [0.2, 0.25) is 0 Å². The van der Waals surface area contributed by atoms with E-state index in [-0.39, 0.29) is 0 Å². The van der Waals surface area contributed by atoms with Gasteiger partial charge in [0.2, 0.25) is 0 Å². The molecule has 3 rings (SSSR count). The SMILES string of the molecule is CC(Cc1cccs1)NC1CCc2ccccc21. The second-order valence-electron chi connectivity index (χ2n) is 5.14. The molecule has 94 valence electrons. The first-order chi connectivity index (χ1) is 8.83. The molecule has 0 radical (unpaired) electrons. The number of hydrogen-bond acceptors (Lipinski definition) is 2. The fourth-order valence-electron chi connectivity index (χ4n) is 2.86. The number of hydrogen-bond donors (Lipinski definition) is 1. The number of nitrogens with one attached hydrogen (secondary N) is 1. The van der Waals surface area contributed by atoms with E-state index in [2.05, 4.69) is 54.0 Å². The monoisotopic (exact) mass is 257 g/mol. The normalized spacial score (nSPS) is 19.7. The Morgan fingerprint density at radius 1 is 1.28 bits per heavy atom. The van der Waals surface area contributed by atoms with Gasteiger partial charge in [0.1, 0.15) is 0 Å². The van der Waals surface area contributed by atoms with E-state index in [9.17, 15) is 0 Å². The fraction of sp³-hybridized carbons (Fsp3) is 0.375. The van der Waals surface area contributed by atoms with Gasteiger partial charge >= 0.3 is 0 Å². The summed E-state index contributed by atoms with van der Waals surface area (Å²) >= 11 is 1.85. The number of benzene rings is 1. The summed E-state index contributed by atoms with van der Waals surface area (Å²) in [6.07, 6.45) is 3.60. The van der Waals surface area contributed by atoms with Crippen LogP contribution in [0.5, 0.6) is 0 Å². The van der Waals surface area contributed by atoms with Crippen molar-refractivity contribution in [3.8, 4) is 0 Å². The van der Waals surface area contributed by atoms with E-state index in [0.29, 0.717) is 12.1 Å². The van der Waals surface area contributed by atoms with Gasteiger partial charge in [-0.25, -0.2) is 0 Å². The van der Waals surface area contributed by atoms with Gasteiger partial charge in [0.15, 0.2) is 0 Å². The first kappa shape index (κ1) is 11.9. The molecular formula is C16H19NS. The highest BCUT2D eigenvalue weighted by molar-refractivity contribution is 7.09. The minimum Gasteiger partial charge on any atom is -0.307 e. The molecule has 2 heteroatoms. The smallest absolute Gasteiger partial charge is 0.0328 e. The molecule has 1 N–H and O–H groups in total. The van der Waals surface area contributed by atoms with Gasteiger partial charge < -0.3 is 5.32 Å². The van der Waals surface area contributed by atoms with Crippen molar-refractivity contribution in [2.75, 3.05) is 0 Å². The lowest BCUT2D eigenvalue weighted by Crippen LogP contribution is -2.30. The van der Waals surface area contributed by atoms with Gasteiger partial charge in [0, 0.05) is 17.0 Å². The van der Waals surface area contributed by atoms with Crippen molar-refractivity contribution in [1.29, 1.82) is 0 Å². The van der Waals surface area contributed by atoms with Crippen LogP contribution >= 0.6 is 11.3 Å². The minimum absolute atomic E-state index is 0.541. The third-order valence-electron chi connectivity index (χ3n) is 3.71. The number of thiophene rings is 1. The molecule has 1 nitrogen and oxygen atoms in total. The average molecular weight is 257 g/mol. The van der Waals surface area contributed by atoms with Crippen molar-refractivity contribution in [2.24, 2.45) is 0 Å². The molecular weight excluding hydrogens is 238 g/mol. The molecule has 2 aromatic rings. The molecule has 0 bridgehead atoms. The highest BCUT2D eigenvalue weighted by Crippen LogP contribution is 2.31. The molecule has 0 fully saturated rings. The number of aryl methyl sites for hydroxylation is 1. The van der Waals surface area contributed by atoms with Gasteiger partial charge in [-0.05, 0) is 48.8 Å².